The minimum Gasteiger partial charge on any atom is -0.324 e. The summed E-state index contributed by atoms with van der Waals surface area (Å²) in [7, 11) is 0. The maximum Gasteiger partial charge on any atom is 0.0656 e. The standard InChI is InChI=1S/C16H14INS/c17-16-9-14(10-19-16)15(18)8-11-5-6-12-3-1-2-4-13(12)7-11/h1-7,9-10,15H,8,18H2. The number of hydrogen-bond acceptors (Lipinski definition) is 2. The van der Waals surface area contributed by atoms with Gasteiger partial charge in [0.05, 0.1) is 2.88 Å². The molecule has 0 aliphatic heterocycles. The Morgan fingerprint density at radius 2 is 1.84 bits per heavy atom. The number of nitrogens with two attached hydrogens (primary N) is 1. The Bertz CT molecular complexity index is 705. The minimum absolute atomic E-state index is 0.0842. The normalized spacial score (nSPS) is 12.7. The minimum atomic E-state index is 0.0842. The van der Waals surface area contributed by atoms with Crippen molar-refractivity contribution in [1.82, 2.24) is 0 Å². The van der Waals surface area contributed by atoms with Gasteiger partial charge in [0.2, 0.25) is 0 Å². The van der Waals surface area contributed by atoms with Gasteiger partial charge in [-0.25, -0.2) is 0 Å². The first-order valence-corrected chi connectivity index (χ1v) is 8.15. The van der Waals surface area contributed by atoms with Crippen LogP contribution in [0.1, 0.15) is 17.2 Å². The summed E-state index contributed by atoms with van der Waals surface area (Å²) in [5.74, 6) is 0. The second kappa shape index (κ2) is 5.61. The van der Waals surface area contributed by atoms with Crippen molar-refractivity contribution < 1.29 is 0 Å². The summed E-state index contributed by atoms with van der Waals surface area (Å²) in [5, 5.41) is 4.73. The highest BCUT2D eigenvalue weighted by molar-refractivity contribution is 14.1. The van der Waals surface area contributed by atoms with E-state index in [-0.39, 0.29) is 6.04 Å². The fourth-order valence-corrected chi connectivity index (χ4v) is 3.69. The number of halogens is 1. The predicted octanol–water partition coefficient (Wildman–Crippen LogP) is 4.75. The van der Waals surface area contributed by atoms with Crippen molar-refractivity contribution in [2.75, 3.05) is 0 Å². The lowest BCUT2D eigenvalue weighted by Crippen LogP contribution is -2.12. The van der Waals surface area contributed by atoms with Crippen LogP contribution < -0.4 is 5.73 Å². The van der Waals surface area contributed by atoms with Gasteiger partial charge in [-0.05, 0) is 62.4 Å². The lowest BCUT2D eigenvalue weighted by Gasteiger charge is -2.10. The third-order valence-electron chi connectivity index (χ3n) is 3.29. The van der Waals surface area contributed by atoms with Crippen LogP contribution in [-0.4, -0.2) is 0 Å². The van der Waals surface area contributed by atoms with Crippen LogP contribution in [0.5, 0.6) is 0 Å². The molecule has 1 atom stereocenters. The van der Waals surface area contributed by atoms with Crippen LogP contribution in [0.2, 0.25) is 0 Å². The summed E-state index contributed by atoms with van der Waals surface area (Å²) in [5.41, 5.74) is 8.82. The Hall–Kier alpha value is -0.910. The average Bonchev–Trinajstić information content (AvgIpc) is 2.85. The maximum atomic E-state index is 6.29. The van der Waals surface area contributed by atoms with Crippen LogP contribution in [0.3, 0.4) is 0 Å². The van der Waals surface area contributed by atoms with Gasteiger partial charge in [0, 0.05) is 6.04 Å². The molecule has 0 radical (unpaired) electrons. The number of hydrogen-bond donors (Lipinski definition) is 1. The molecule has 0 bridgehead atoms. The Morgan fingerprint density at radius 3 is 2.58 bits per heavy atom. The fraction of sp³-hybridized carbons (Fsp3) is 0.125. The quantitative estimate of drug-likeness (QED) is 0.653. The molecule has 0 saturated heterocycles. The van der Waals surface area contributed by atoms with E-state index >= 15 is 0 Å². The molecule has 96 valence electrons. The van der Waals surface area contributed by atoms with E-state index in [9.17, 15) is 0 Å². The first kappa shape index (κ1) is 13.1. The van der Waals surface area contributed by atoms with Crippen molar-refractivity contribution in [2.45, 2.75) is 12.5 Å². The van der Waals surface area contributed by atoms with Gasteiger partial charge >= 0.3 is 0 Å². The summed E-state index contributed by atoms with van der Waals surface area (Å²) in [4.78, 5) is 0. The zero-order valence-corrected chi connectivity index (χ0v) is 13.3. The molecule has 2 aromatic carbocycles. The summed E-state index contributed by atoms with van der Waals surface area (Å²) < 4.78 is 1.29. The number of fused-ring (bicyclic) bond motifs is 1. The van der Waals surface area contributed by atoms with Crippen LogP contribution >= 0.6 is 33.9 Å². The number of rotatable bonds is 3. The van der Waals surface area contributed by atoms with Gasteiger partial charge in [0.1, 0.15) is 0 Å². The van der Waals surface area contributed by atoms with Crippen molar-refractivity contribution in [1.29, 1.82) is 0 Å². The lowest BCUT2D eigenvalue weighted by molar-refractivity contribution is 0.725. The monoisotopic (exact) mass is 379 g/mol. The number of benzene rings is 2. The summed E-state index contributed by atoms with van der Waals surface area (Å²) in [6.07, 6.45) is 0.887. The SMILES string of the molecule is NC(Cc1ccc2ccccc2c1)c1csc(I)c1. The molecule has 1 heterocycles. The molecule has 0 amide bonds. The second-order valence-corrected chi connectivity index (χ2v) is 7.48. The van der Waals surface area contributed by atoms with Crippen LogP contribution in [0, 0.1) is 2.88 Å². The van der Waals surface area contributed by atoms with Gasteiger partial charge in [-0.1, -0.05) is 42.5 Å². The molecule has 0 saturated carbocycles. The molecule has 1 nitrogen and oxygen atoms in total. The van der Waals surface area contributed by atoms with E-state index in [1.807, 2.05) is 0 Å². The van der Waals surface area contributed by atoms with Crippen molar-refractivity contribution in [3.63, 3.8) is 0 Å². The Labute approximate surface area is 130 Å². The van der Waals surface area contributed by atoms with Gasteiger partial charge < -0.3 is 5.73 Å². The third kappa shape index (κ3) is 2.99. The highest BCUT2D eigenvalue weighted by atomic mass is 127. The van der Waals surface area contributed by atoms with Gasteiger partial charge in [-0.15, -0.1) is 11.3 Å². The van der Waals surface area contributed by atoms with Crippen LogP contribution in [0.4, 0.5) is 0 Å². The highest BCUT2D eigenvalue weighted by Crippen LogP contribution is 2.24. The van der Waals surface area contributed by atoms with E-state index in [1.54, 1.807) is 11.3 Å². The van der Waals surface area contributed by atoms with Gasteiger partial charge in [-0.3, -0.25) is 0 Å². The summed E-state index contributed by atoms with van der Waals surface area (Å²) in [6.45, 7) is 0. The highest BCUT2D eigenvalue weighted by Gasteiger charge is 2.09. The van der Waals surface area contributed by atoms with Crippen LogP contribution in [0.25, 0.3) is 10.8 Å². The summed E-state index contributed by atoms with van der Waals surface area (Å²) in [6, 6.07) is 17.3. The largest absolute Gasteiger partial charge is 0.324 e. The molecule has 2 N–H and O–H groups in total. The van der Waals surface area contributed by atoms with Crippen molar-refractivity contribution in [2.24, 2.45) is 5.73 Å². The smallest absolute Gasteiger partial charge is 0.0656 e. The third-order valence-corrected chi connectivity index (χ3v) is 5.09. The lowest BCUT2D eigenvalue weighted by atomic mass is 9.99. The van der Waals surface area contributed by atoms with E-state index in [0.29, 0.717) is 0 Å². The Balaban J connectivity index is 1.84. The van der Waals surface area contributed by atoms with Crippen molar-refractivity contribution >= 4 is 44.7 Å². The molecule has 19 heavy (non-hydrogen) atoms. The van der Waals surface area contributed by atoms with E-state index in [1.165, 1.54) is 24.8 Å². The zero-order chi connectivity index (χ0) is 13.2. The molecule has 1 unspecified atom stereocenters. The van der Waals surface area contributed by atoms with Crippen molar-refractivity contribution in [3.8, 4) is 0 Å². The zero-order valence-electron chi connectivity index (χ0n) is 10.3. The predicted molar refractivity (Wildman–Crippen MR) is 91.6 cm³/mol. The van der Waals surface area contributed by atoms with E-state index < -0.39 is 0 Å². The maximum absolute atomic E-state index is 6.29. The Kier molecular flexibility index (Phi) is 3.86. The molecule has 0 spiro atoms. The molecule has 0 fully saturated rings. The molecule has 3 aromatic rings. The van der Waals surface area contributed by atoms with Gasteiger partial charge in [0.15, 0.2) is 0 Å². The molecule has 0 aliphatic carbocycles. The molecular formula is C16H14INS. The first-order chi connectivity index (χ1) is 9.22. The molecule has 3 heteroatoms. The molecule has 1 aromatic heterocycles. The fourth-order valence-electron chi connectivity index (χ4n) is 2.26. The molecule has 3 rings (SSSR count). The van der Waals surface area contributed by atoms with Crippen LogP contribution in [0.15, 0.2) is 53.9 Å². The second-order valence-electron chi connectivity index (χ2n) is 4.68. The topological polar surface area (TPSA) is 26.0 Å². The van der Waals surface area contributed by atoms with E-state index in [0.717, 1.165) is 6.42 Å². The van der Waals surface area contributed by atoms with E-state index in [2.05, 4.69) is 76.5 Å². The summed E-state index contributed by atoms with van der Waals surface area (Å²) >= 11 is 4.09. The van der Waals surface area contributed by atoms with Crippen molar-refractivity contribution in [3.05, 3.63) is 67.9 Å². The number of thiophene rings is 1. The molecule has 0 aliphatic rings. The Morgan fingerprint density at radius 1 is 1.05 bits per heavy atom. The first-order valence-electron chi connectivity index (χ1n) is 6.19. The van der Waals surface area contributed by atoms with Crippen LogP contribution in [-0.2, 0) is 6.42 Å². The van der Waals surface area contributed by atoms with Gasteiger partial charge in [0.25, 0.3) is 0 Å². The van der Waals surface area contributed by atoms with Gasteiger partial charge in [-0.2, -0.15) is 0 Å². The average molecular weight is 379 g/mol. The molecular weight excluding hydrogens is 365 g/mol. The van der Waals surface area contributed by atoms with E-state index in [4.69, 9.17) is 5.73 Å².